The van der Waals surface area contributed by atoms with Gasteiger partial charge in [-0.25, -0.2) is 9.97 Å². The Kier molecular flexibility index (Phi) is 5.23. The lowest BCUT2D eigenvalue weighted by Gasteiger charge is -2.36. The normalized spacial score (nSPS) is 17.9. The number of rotatable bonds is 3. The molecule has 0 aliphatic carbocycles. The fourth-order valence-electron chi connectivity index (χ4n) is 3.91. The Bertz CT molecular complexity index is 795. The molecule has 6 nitrogen and oxygen atoms in total. The largest absolute Gasteiger partial charge is 0.356 e. The number of carbonyl (C=O) groups excluding carboxylic acids is 1. The molecule has 3 heterocycles. The molecule has 0 N–H and O–H groups in total. The van der Waals surface area contributed by atoms with E-state index in [-0.39, 0.29) is 5.91 Å². The number of hydrogen-bond donors (Lipinski definition) is 0. The van der Waals surface area contributed by atoms with Crippen molar-refractivity contribution in [1.82, 2.24) is 14.9 Å². The Labute approximate surface area is 160 Å². The van der Waals surface area contributed by atoms with Crippen molar-refractivity contribution >= 4 is 17.5 Å². The smallest absolute Gasteiger partial charge is 0.253 e. The SMILES string of the molecule is Cc1cccc(C(=O)N2CCN(c3cc(N4CCCCC4)ncn3)CC2)c1. The summed E-state index contributed by atoms with van der Waals surface area (Å²) >= 11 is 0. The summed E-state index contributed by atoms with van der Waals surface area (Å²) in [6.45, 7) is 7.21. The summed E-state index contributed by atoms with van der Waals surface area (Å²) in [6.07, 6.45) is 5.45. The van der Waals surface area contributed by atoms with Gasteiger partial charge in [-0.05, 0) is 38.3 Å². The summed E-state index contributed by atoms with van der Waals surface area (Å²) in [6, 6.07) is 9.93. The molecular formula is C21H27N5O. The van der Waals surface area contributed by atoms with Crippen molar-refractivity contribution in [3.63, 3.8) is 0 Å². The van der Waals surface area contributed by atoms with Gasteiger partial charge < -0.3 is 14.7 Å². The topological polar surface area (TPSA) is 52.6 Å². The van der Waals surface area contributed by atoms with Crippen molar-refractivity contribution in [3.8, 4) is 0 Å². The number of nitrogens with zero attached hydrogens (tertiary/aromatic N) is 5. The fourth-order valence-corrected chi connectivity index (χ4v) is 3.91. The van der Waals surface area contributed by atoms with Crippen LogP contribution in [0, 0.1) is 6.92 Å². The second-order valence-corrected chi connectivity index (χ2v) is 7.43. The van der Waals surface area contributed by atoms with Crippen molar-refractivity contribution in [1.29, 1.82) is 0 Å². The van der Waals surface area contributed by atoms with Gasteiger partial charge in [-0.2, -0.15) is 0 Å². The molecule has 0 saturated carbocycles. The summed E-state index contributed by atoms with van der Waals surface area (Å²) in [4.78, 5) is 28.2. The number of aromatic nitrogens is 2. The second-order valence-electron chi connectivity index (χ2n) is 7.43. The standard InChI is InChI=1S/C21H27N5O/c1-17-6-5-7-18(14-17)21(27)26-12-10-25(11-13-26)20-15-19(22-16-23-20)24-8-3-2-4-9-24/h5-7,14-16H,2-4,8-13H2,1H3. The van der Waals surface area contributed by atoms with E-state index in [0.717, 1.165) is 62.0 Å². The summed E-state index contributed by atoms with van der Waals surface area (Å²) in [5.41, 5.74) is 1.89. The third kappa shape index (κ3) is 4.04. The summed E-state index contributed by atoms with van der Waals surface area (Å²) in [5.74, 6) is 2.11. The first kappa shape index (κ1) is 17.8. The predicted octanol–water partition coefficient (Wildman–Crippen LogP) is 2.74. The number of benzene rings is 1. The van der Waals surface area contributed by atoms with Gasteiger partial charge in [0.1, 0.15) is 18.0 Å². The summed E-state index contributed by atoms with van der Waals surface area (Å²) in [5, 5.41) is 0. The highest BCUT2D eigenvalue weighted by Gasteiger charge is 2.23. The molecule has 2 aliphatic heterocycles. The maximum absolute atomic E-state index is 12.7. The lowest BCUT2D eigenvalue weighted by molar-refractivity contribution is 0.0746. The average Bonchev–Trinajstić information content (AvgIpc) is 2.74. The first-order valence-electron chi connectivity index (χ1n) is 9.88. The van der Waals surface area contributed by atoms with Crippen LogP contribution in [0.2, 0.25) is 0 Å². The number of anilines is 2. The molecule has 4 rings (SSSR count). The van der Waals surface area contributed by atoms with Crippen LogP contribution in [-0.4, -0.2) is 60.0 Å². The van der Waals surface area contributed by atoms with Gasteiger partial charge in [0.15, 0.2) is 0 Å². The maximum atomic E-state index is 12.7. The van der Waals surface area contributed by atoms with Crippen molar-refractivity contribution in [3.05, 3.63) is 47.8 Å². The van der Waals surface area contributed by atoms with Gasteiger partial charge in [0.25, 0.3) is 5.91 Å². The van der Waals surface area contributed by atoms with E-state index >= 15 is 0 Å². The van der Waals surface area contributed by atoms with Gasteiger partial charge in [-0.15, -0.1) is 0 Å². The fraction of sp³-hybridized carbons (Fsp3) is 0.476. The van der Waals surface area contributed by atoms with Crippen LogP contribution < -0.4 is 9.80 Å². The lowest BCUT2D eigenvalue weighted by atomic mass is 10.1. The van der Waals surface area contributed by atoms with E-state index in [0.29, 0.717) is 0 Å². The van der Waals surface area contributed by atoms with Crippen LogP contribution in [-0.2, 0) is 0 Å². The predicted molar refractivity (Wildman–Crippen MR) is 107 cm³/mol. The van der Waals surface area contributed by atoms with Gasteiger partial charge >= 0.3 is 0 Å². The summed E-state index contributed by atoms with van der Waals surface area (Å²) in [7, 11) is 0. The Morgan fingerprint density at radius 2 is 1.52 bits per heavy atom. The van der Waals surface area contributed by atoms with Gasteiger partial charge in [0.2, 0.25) is 0 Å². The summed E-state index contributed by atoms with van der Waals surface area (Å²) < 4.78 is 0. The molecule has 6 heteroatoms. The Hall–Kier alpha value is -2.63. The molecule has 0 atom stereocenters. The number of carbonyl (C=O) groups is 1. The number of hydrogen-bond acceptors (Lipinski definition) is 5. The number of piperidine rings is 1. The molecule has 27 heavy (non-hydrogen) atoms. The van der Waals surface area contributed by atoms with Crippen molar-refractivity contribution in [2.45, 2.75) is 26.2 Å². The third-order valence-corrected chi connectivity index (χ3v) is 5.47. The molecule has 0 unspecified atom stereocenters. The maximum Gasteiger partial charge on any atom is 0.253 e. The van der Waals surface area contributed by atoms with Gasteiger partial charge in [-0.3, -0.25) is 4.79 Å². The van der Waals surface area contributed by atoms with Crippen molar-refractivity contribution in [2.75, 3.05) is 49.1 Å². The number of aryl methyl sites for hydroxylation is 1. The van der Waals surface area contributed by atoms with Crippen LogP contribution in [0.1, 0.15) is 35.2 Å². The number of amides is 1. The highest BCUT2D eigenvalue weighted by atomic mass is 16.2. The average molecular weight is 365 g/mol. The molecule has 2 saturated heterocycles. The van der Waals surface area contributed by atoms with E-state index in [9.17, 15) is 4.79 Å². The zero-order chi connectivity index (χ0) is 18.6. The molecule has 2 aromatic rings. The van der Waals surface area contributed by atoms with Crippen molar-refractivity contribution in [2.24, 2.45) is 0 Å². The van der Waals surface area contributed by atoms with Gasteiger partial charge in [-0.1, -0.05) is 17.7 Å². The van der Waals surface area contributed by atoms with Gasteiger partial charge in [0.05, 0.1) is 0 Å². The molecule has 1 amide bonds. The van der Waals surface area contributed by atoms with E-state index in [4.69, 9.17) is 0 Å². The molecule has 1 aromatic heterocycles. The lowest BCUT2D eigenvalue weighted by Crippen LogP contribution is -2.49. The first-order chi connectivity index (χ1) is 13.2. The zero-order valence-electron chi connectivity index (χ0n) is 16.0. The molecular weight excluding hydrogens is 338 g/mol. The van der Waals surface area contributed by atoms with Crippen LogP contribution in [0.15, 0.2) is 36.7 Å². The molecule has 0 spiro atoms. The van der Waals surface area contributed by atoms with E-state index < -0.39 is 0 Å². The Morgan fingerprint density at radius 1 is 0.852 bits per heavy atom. The monoisotopic (exact) mass is 365 g/mol. The molecule has 142 valence electrons. The molecule has 2 aliphatic rings. The molecule has 0 radical (unpaired) electrons. The van der Waals surface area contributed by atoms with E-state index in [2.05, 4.69) is 25.8 Å². The zero-order valence-corrected chi connectivity index (χ0v) is 16.0. The quantitative estimate of drug-likeness (QED) is 0.837. The van der Waals surface area contributed by atoms with E-state index in [1.807, 2.05) is 36.1 Å². The van der Waals surface area contributed by atoms with Crippen molar-refractivity contribution < 1.29 is 4.79 Å². The molecule has 2 fully saturated rings. The highest BCUT2D eigenvalue weighted by Crippen LogP contribution is 2.22. The minimum absolute atomic E-state index is 0.120. The van der Waals surface area contributed by atoms with Crippen LogP contribution in [0.4, 0.5) is 11.6 Å². The Balaban J connectivity index is 1.40. The first-order valence-corrected chi connectivity index (χ1v) is 9.88. The molecule has 1 aromatic carbocycles. The van der Waals surface area contributed by atoms with Crippen LogP contribution in [0.25, 0.3) is 0 Å². The second kappa shape index (κ2) is 7.94. The van der Waals surface area contributed by atoms with E-state index in [1.54, 1.807) is 6.33 Å². The molecule has 0 bridgehead atoms. The number of piperazine rings is 1. The van der Waals surface area contributed by atoms with Gasteiger partial charge in [0, 0.05) is 50.9 Å². The minimum Gasteiger partial charge on any atom is -0.356 e. The van der Waals surface area contributed by atoms with E-state index in [1.165, 1.54) is 19.3 Å². The minimum atomic E-state index is 0.120. The van der Waals surface area contributed by atoms with Crippen LogP contribution in [0.5, 0.6) is 0 Å². The highest BCUT2D eigenvalue weighted by molar-refractivity contribution is 5.94. The van der Waals surface area contributed by atoms with Crippen LogP contribution >= 0.6 is 0 Å². The third-order valence-electron chi connectivity index (χ3n) is 5.47. The Morgan fingerprint density at radius 3 is 2.19 bits per heavy atom. The van der Waals surface area contributed by atoms with Crippen LogP contribution in [0.3, 0.4) is 0 Å².